The number of anilines is 1. The van der Waals surface area contributed by atoms with Gasteiger partial charge < -0.3 is 20.4 Å². The molecular weight excluding hydrogens is 458 g/mol. The van der Waals surface area contributed by atoms with Crippen LogP contribution in [0.2, 0.25) is 0 Å². The Hall–Kier alpha value is -4.42. The molecular formula is C22H27N7O6. The third kappa shape index (κ3) is 5.75. The number of pyridine rings is 1. The van der Waals surface area contributed by atoms with Gasteiger partial charge in [0.15, 0.2) is 0 Å². The Bertz CT molecular complexity index is 1360. The summed E-state index contributed by atoms with van der Waals surface area (Å²) in [7, 11) is 0. The average Bonchev–Trinajstić information content (AvgIpc) is 3.07. The molecule has 0 saturated carbocycles. The highest BCUT2D eigenvalue weighted by atomic mass is 16.5. The zero-order valence-electron chi connectivity index (χ0n) is 20.1. The topological polar surface area (TPSA) is 173 Å². The van der Waals surface area contributed by atoms with Crippen molar-refractivity contribution in [3.05, 3.63) is 72.5 Å². The normalized spacial score (nSPS) is 10.8. The van der Waals surface area contributed by atoms with Crippen LogP contribution in [0.25, 0.3) is 0 Å². The van der Waals surface area contributed by atoms with Crippen molar-refractivity contribution < 1.29 is 19.2 Å². The maximum Gasteiger partial charge on any atom is 0.410 e. The summed E-state index contributed by atoms with van der Waals surface area (Å²) in [5, 5.41) is 17.6. The predicted molar refractivity (Wildman–Crippen MR) is 126 cm³/mol. The molecule has 2 amide bonds. The molecule has 3 aromatic heterocycles. The fourth-order valence-corrected chi connectivity index (χ4v) is 3.62. The fraction of sp³-hybridized carbons (Fsp3) is 0.364. The van der Waals surface area contributed by atoms with Crippen LogP contribution in [0.5, 0.6) is 0 Å². The second kappa shape index (κ2) is 10.2. The van der Waals surface area contributed by atoms with E-state index in [1.807, 2.05) is 0 Å². The summed E-state index contributed by atoms with van der Waals surface area (Å²) in [5.74, 6) is 0.315. The Balaban J connectivity index is 1.74. The summed E-state index contributed by atoms with van der Waals surface area (Å²) < 4.78 is 7.13. The van der Waals surface area contributed by atoms with E-state index in [4.69, 9.17) is 9.63 Å². The Labute approximate surface area is 199 Å². The number of nitrogens with zero attached hydrogens (tertiary/aromatic N) is 4. The number of carboxylic acid groups (broad SMARTS) is 1. The standard InChI is InChI=1S/C22H27N7O6/c1-11-6-18(26-21(32)33)25-13(3)16(11)8-23-19(30)10-28-12(2)7-20(31)29(22(28)34)24-9-17-14(4)27-35-15(17)5/h6-7,24H,8-10H2,1-5H3,(H,23,30)(H,25,26)(H,32,33). The van der Waals surface area contributed by atoms with Gasteiger partial charge >= 0.3 is 11.8 Å². The SMILES string of the molecule is Cc1cc(NC(=O)O)nc(C)c1CNC(=O)Cn1c(C)cc(=O)n(NCc2c(C)noc2C)c1=O. The Morgan fingerprint density at radius 2 is 1.74 bits per heavy atom. The van der Waals surface area contributed by atoms with E-state index in [2.05, 4.69) is 26.2 Å². The first-order chi connectivity index (χ1) is 16.5. The summed E-state index contributed by atoms with van der Waals surface area (Å²) in [5.41, 5.74) is 5.27. The number of nitrogens with one attached hydrogen (secondary N) is 3. The zero-order chi connectivity index (χ0) is 25.9. The Morgan fingerprint density at radius 3 is 2.34 bits per heavy atom. The van der Waals surface area contributed by atoms with Crippen LogP contribution in [0.4, 0.5) is 10.6 Å². The fourth-order valence-electron chi connectivity index (χ4n) is 3.62. The van der Waals surface area contributed by atoms with E-state index < -0.39 is 23.2 Å². The molecule has 3 aromatic rings. The number of rotatable bonds is 8. The summed E-state index contributed by atoms with van der Waals surface area (Å²) >= 11 is 0. The highest BCUT2D eigenvalue weighted by molar-refractivity contribution is 5.81. The van der Waals surface area contributed by atoms with Gasteiger partial charge in [0.1, 0.15) is 18.1 Å². The van der Waals surface area contributed by atoms with Crippen molar-refractivity contribution >= 4 is 17.8 Å². The molecule has 13 nitrogen and oxygen atoms in total. The lowest BCUT2D eigenvalue weighted by molar-refractivity contribution is -0.121. The quantitative estimate of drug-likeness (QED) is 0.364. The molecule has 186 valence electrons. The van der Waals surface area contributed by atoms with Crippen LogP contribution >= 0.6 is 0 Å². The van der Waals surface area contributed by atoms with Crippen LogP contribution in [-0.2, 0) is 24.4 Å². The maximum atomic E-state index is 13.0. The molecule has 35 heavy (non-hydrogen) atoms. The first kappa shape index (κ1) is 25.2. The molecule has 3 rings (SSSR count). The van der Waals surface area contributed by atoms with Gasteiger partial charge in [-0.05, 0) is 51.8 Å². The van der Waals surface area contributed by atoms with Crippen molar-refractivity contribution in [2.75, 3.05) is 10.7 Å². The van der Waals surface area contributed by atoms with E-state index in [0.717, 1.165) is 21.4 Å². The zero-order valence-corrected chi connectivity index (χ0v) is 20.1. The van der Waals surface area contributed by atoms with Gasteiger partial charge in [-0.25, -0.2) is 14.6 Å². The van der Waals surface area contributed by atoms with Crippen molar-refractivity contribution in [2.45, 2.75) is 54.3 Å². The second-order valence-corrected chi connectivity index (χ2v) is 8.06. The summed E-state index contributed by atoms with van der Waals surface area (Å²) in [6.45, 7) is 8.51. The number of hydrogen-bond acceptors (Lipinski definition) is 8. The molecule has 0 atom stereocenters. The minimum Gasteiger partial charge on any atom is -0.465 e. The van der Waals surface area contributed by atoms with Crippen molar-refractivity contribution in [3.8, 4) is 0 Å². The molecule has 0 aliphatic heterocycles. The van der Waals surface area contributed by atoms with Crippen molar-refractivity contribution in [1.82, 2.24) is 24.7 Å². The monoisotopic (exact) mass is 485 g/mol. The minimum absolute atomic E-state index is 0.134. The van der Waals surface area contributed by atoms with Crippen LogP contribution in [0.3, 0.4) is 0 Å². The molecule has 0 aliphatic rings. The van der Waals surface area contributed by atoms with Crippen LogP contribution in [0.1, 0.15) is 39.5 Å². The number of carbonyl (C=O) groups is 2. The van der Waals surface area contributed by atoms with E-state index in [1.165, 1.54) is 10.6 Å². The first-order valence-corrected chi connectivity index (χ1v) is 10.7. The highest BCUT2D eigenvalue weighted by Crippen LogP contribution is 2.16. The van der Waals surface area contributed by atoms with Gasteiger partial charge in [0, 0.05) is 29.6 Å². The molecule has 0 aromatic carbocycles. The number of aromatic nitrogens is 4. The number of aryl methyl sites for hydroxylation is 5. The lowest BCUT2D eigenvalue weighted by Crippen LogP contribution is -2.46. The molecule has 4 N–H and O–H groups in total. The number of hydrogen-bond donors (Lipinski definition) is 4. The van der Waals surface area contributed by atoms with Crippen LogP contribution in [0, 0.1) is 34.6 Å². The number of amides is 2. The van der Waals surface area contributed by atoms with Gasteiger partial charge in [-0.2, -0.15) is 4.68 Å². The van der Waals surface area contributed by atoms with Crippen LogP contribution in [0.15, 0.2) is 26.2 Å². The second-order valence-electron chi connectivity index (χ2n) is 8.06. The van der Waals surface area contributed by atoms with E-state index in [-0.39, 0.29) is 25.5 Å². The van der Waals surface area contributed by atoms with E-state index in [9.17, 15) is 19.2 Å². The molecule has 3 heterocycles. The largest absolute Gasteiger partial charge is 0.465 e. The van der Waals surface area contributed by atoms with E-state index in [0.29, 0.717) is 22.8 Å². The summed E-state index contributed by atoms with van der Waals surface area (Å²) in [6.07, 6.45) is -1.22. The first-order valence-electron chi connectivity index (χ1n) is 10.7. The third-order valence-electron chi connectivity index (χ3n) is 5.55. The smallest absolute Gasteiger partial charge is 0.410 e. The Kier molecular flexibility index (Phi) is 7.37. The average molecular weight is 486 g/mol. The molecule has 0 saturated heterocycles. The van der Waals surface area contributed by atoms with Crippen molar-refractivity contribution in [3.63, 3.8) is 0 Å². The minimum atomic E-state index is -1.22. The molecule has 0 spiro atoms. The Morgan fingerprint density at radius 1 is 1.03 bits per heavy atom. The predicted octanol–water partition coefficient (Wildman–Crippen LogP) is 1.09. The van der Waals surface area contributed by atoms with Crippen molar-refractivity contribution in [2.24, 2.45) is 0 Å². The maximum absolute atomic E-state index is 13.0. The molecule has 0 fully saturated rings. The molecule has 0 radical (unpaired) electrons. The van der Waals surface area contributed by atoms with Crippen LogP contribution in [-0.4, -0.2) is 36.5 Å². The molecule has 0 aliphatic carbocycles. The van der Waals surface area contributed by atoms with Gasteiger partial charge in [-0.3, -0.25) is 19.5 Å². The third-order valence-corrected chi connectivity index (χ3v) is 5.55. The number of carbonyl (C=O) groups excluding carboxylic acids is 1. The van der Waals surface area contributed by atoms with Gasteiger partial charge in [0.2, 0.25) is 5.91 Å². The van der Waals surface area contributed by atoms with E-state index >= 15 is 0 Å². The lowest BCUT2D eigenvalue weighted by Gasteiger charge is -2.15. The molecule has 0 bridgehead atoms. The summed E-state index contributed by atoms with van der Waals surface area (Å²) in [4.78, 5) is 53.0. The lowest BCUT2D eigenvalue weighted by atomic mass is 10.1. The highest BCUT2D eigenvalue weighted by Gasteiger charge is 2.15. The van der Waals surface area contributed by atoms with Gasteiger partial charge in [0.05, 0.1) is 12.2 Å². The van der Waals surface area contributed by atoms with Crippen LogP contribution < -0.4 is 27.3 Å². The van der Waals surface area contributed by atoms with Gasteiger partial charge in [-0.1, -0.05) is 5.16 Å². The summed E-state index contributed by atoms with van der Waals surface area (Å²) in [6, 6.07) is 2.83. The molecule has 13 heteroatoms. The van der Waals surface area contributed by atoms with Gasteiger partial charge in [0.25, 0.3) is 5.56 Å². The van der Waals surface area contributed by atoms with Crippen molar-refractivity contribution in [1.29, 1.82) is 0 Å². The van der Waals surface area contributed by atoms with E-state index in [1.54, 1.807) is 40.7 Å². The van der Waals surface area contributed by atoms with Gasteiger partial charge in [-0.15, -0.1) is 0 Å². The molecule has 0 unspecified atom stereocenters.